The molecule has 2 fully saturated rings. The highest BCUT2D eigenvalue weighted by atomic mass is 19.2. The molecule has 3 rings (SSSR count). The summed E-state index contributed by atoms with van der Waals surface area (Å²) < 4.78 is 46.4. The van der Waals surface area contributed by atoms with E-state index in [0.29, 0.717) is 19.2 Å². The molecule has 10 nitrogen and oxygen atoms in total. The van der Waals surface area contributed by atoms with E-state index in [2.05, 4.69) is 5.32 Å². The van der Waals surface area contributed by atoms with Crippen molar-refractivity contribution in [2.45, 2.75) is 45.1 Å². The van der Waals surface area contributed by atoms with Gasteiger partial charge < -0.3 is 25.0 Å². The number of carbonyl (C=O) groups excluding carboxylic acids is 4. The maximum atomic E-state index is 14.1. The first-order chi connectivity index (χ1) is 17.5. The Kier molecular flexibility index (Phi) is 9.11. The lowest BCUT2D eigenvalue weighted by molar-refractivity contribution is -0.152. The zero-order chi connectivity index (χ0) is 27.3. The Morgan fingerprint density at radius 1 is 1.00 bits per heavy atom. The maximum Gasteiger partial charge on any atom is 0.312 e. The molecule has 2 aliphatic rings. The first-order valence-corrected chi connectivity index (χ1v) is 11.9. The molecule has 0 aliphatic carbocycles. The lowest BCUT2D eigenvalue weighted by atomic mass is 9.95. The third-order valence-electron chi connectivity index (χ3n) is 6.47. The van der Waals surface area contributed by atoms with E-state index in [1.165, 1.54) is 16.7 Å². The van der Waals surface area contributed by atoms with E-state index < -0.39 is 77.7 Å². The van der Waals surface area contributed by atoms with Crippen LogP contribution in [-0.4, -0.2) is 83.2 Å². The lowest BCUT2D eigenvalue weighted by Gasteiger charge is -2.32. The number of rotatable bonds is 8. The Hall–Kier alpha value is -3.64. The number of carboxylic acid groups (broad SMARTS) is 1. The monoisotopic (exact) mass is 527 g/mol. The maximum absolute atomic E-state index is 14.1. The van der Waals surface area contributed by atoms with Crippen molar-refractivity contribution >= 4 is 29.5 Å². The van der Waals surface area contributed by atoms with Gasteiger partial charge >= 0.3 is 17.8 Å². The van der Waals surface area contributed by atoms with Gasteiger partial charge in [-0.3, -0.25) is 24.0 Å². The van der Waals surface area contributed by atoms with Crippen LogP contribution in [0.25, 0.3) is 0 Å². The summed E-state index contributed by atoms with van der Waals surface area (Å²) in [6, 6.07) is -0.948. The third-order valence-corrected chi connectivity index (χ3v) is 6.47. The van der Waals surface area contributed by atoms with Crippen LogP contribution in [0.4, 0.5) is 13.2 Å². The Morgan fingerprint density at radius 3 is 2.14 bits per heavy atom. The highest BCUT2D eigenvalue weighted by Gasteiger charge is 2.34. The van der Waals surface area contributed by atoms with E-state index in [4.69, 9.17) is 9.84 Å². The summed E-state index contributed by atoms with van der Waals surface area (Å²) >= 11 is 0. The fourth-order valence-electron chi connectivity index (χ4n) is 4.32. The Bertz CT molecular complexity index is 1060. The minimum atomic E-state index is -1.64. The molecule has 1 atom stereocenters. The summed E-state index contributed by atoms with van der Waals surface area (Å²) in [4.78, 5) is 64.2. The van der Waals surface area contributed by atoms with Gasteiger partial charge in [0, 0.05) is 32.1 Å². The summed E-state index contributed by atoms with van der Waals surface area (Å²) in [6.45, 7) is 1.49. The number of amides is 3. The zero-order valence-electron chi connectivity index (χ0n) is 20.2. The molecule has 2 aliphatic heterocycles. The van der Waals surface area contributed by atoms with Crippen LogP contribution in [0.1, 0.15) is 37.7 Å². The number of halogens is 3. The van der Waals surface area contributed by atoms with Crippen LogP contribution in [0.2, 0.25) is 0 Å². The smallest absolute Gasteiger partial charge is 0.312 e. The Labute approximate surface area is 210 Å². The van der Waals surface area contributed by atoms with Gasteiger partial charge in [-0.25, -0.2) is 8.78 Å². The SMILES string of the molecule is Cc1cc(F)c(F)c(OCC(=O)[C@H](CC(=O)O)NC(=O)C2CCN(C(=O)C(=O)N3CCCC3)CC2)c1F. The van der Waals surface area contributed by atoms with Gasteiger partial charge in [0.25, 0.3) is 0 Å². The predicted octanol–water partition coefficient (Wildman–Crippen LogP) is 1.18. The van der Waals surface area contributed by atoms with Crippen LogP contribution in [0.15, 0.2) is 6.07 Å². The minimum absolute atomic E-state index is 0.134. The Balaban J connectivity index is 1.57. The van der Waals surface area contributed by atoms with Crippen LogP contribution < -0.4 is 10.1 Å². The molecule has 202 valence electrons. The van der Waals surface area contributed by atoms with Crippen LogP contribution in [-0.2, 0) is 24.0 Å². The van der Waals surface area contributed by atoms with Gasteiger partial charge in [-0.15, -0.1) is 0 Å². The molecule has 13 heteroatoms. The molecule has 0 aromatic heterocycles. The Morgan fingerprint density at radius 2 is 1.57 bits per heavy atom. The third kappa shape index (κ3) is 6.77. The number of carbonyl (C=O) groups is 5. The first-order valence-electron chi connectivity index (χ1n) is 11.9. The minimum Gasteiger partial charge on any atom is -0.481 e. The molecule has 1 aromatic rings. The molecule has 0 radical (unpaired) electrons. The zero-order valence-corrected chi connectivity index (χ0v) is 20.2. The quantitative estimate of drug-likeness (QED) is 0.383. The summed E-state index contributed by atoms with van der Waals surface area (Å²) in [7, 11) is 0. The number of ketones is 1. The second-order valence-electron chi connectivity index (χ2n) is 9.11. The molecule has 0 saturated carbocycles. The van der Waals surface area contributed by atoms with Crippen molar-refractivity contribution in [1.29, 1.82) is 0 Å². The number of likely N-dealkylation sites (tertiary alicyclic amines) is 2. The number of Topliss-reactive ketones (excluding diaryl/α,β-unsaturated/α-hetero) is 1. The van der Waals surface area contributed by atoms with Gasteiger partial charge in [-0.05, 0) is 44.2 Å². The second-order valence-corrected chi connectivity index (χ2v) is 9.11. The summed E-state index contributed by atoms with van der Waals surface area (Å²) in [6.07, 6.45) is 1.24. The van der Waals surface area contributed by atoms with Crippen molar-refractivity contribution < 1.29 is 47.0 Å². The average Bonchev–Trinajstić information content (AvgIpc) is 3.41. The van der Waals surface area contributed by atoms with Crippen molar-refractivity contribution in [1.82, 2.24) is 15.1 Å². The molecular weight excluding hydrogens is 499 g/mol. The second kappa shape index (κ2) is 12.1. The number of aryl methyl sites for hydroxylation is 1. The average molecular weight is 527 g/mol. The van der Waals surface area contributed by atoms with Gasteiger partial charge in [-0.1, -0.05) is 0 Å². The number of ether oxygens (including phenoxy) is 1. The van der Waals surface area contributed by atoms with Gasteiger partial charge in [0.05, 0.1) is 6.42 Å². The van der Waals surface area contributed by atoms with E-state index in [1.54, 1.807) is 0 Å². The number of aliphatic carboxylic acids is 1. The molecular formula is C24H28F3N3O7. The highest BCUT2D eigenvalue weighted by molar-refractivity contribution is 6.35. The van der Waals surface area contributed by atoms with Crippen molar-refractivity contribution in [3.8, 4) is 5.75 Å². The van der Waals surface area contributed by atoms with Crippen molar-refractivity contribution in [3.63, 3.8) is 0 Å². The van der Waals surface area contributed by atoms with Gasteiger partial charge in [0.2, 0.25) is 11.7 Å². The number of nitrogens with zero attached hydrogens (tertiary/aromatic N) is 2. The van der Waals surface area contributed by atoms with Crippen LogP contribution in [0.3, 0.4) is 0 Å². The molecule has 0 spiro atoms. The number of benzene rings is 1. The normalized spacial score (nSPS) is 16.9. The van der Waals surface area contributed by atoms with Gasteiger partial charge in [0.1, 0.15) is 12.6 Å². The van der Waals surface area contributed by atoms with Gasteiger partial charge in [0.15, 0.2) is 23.2 Å². The number of hydrogen-bond donors (Lipinski definition) is 2. The standard InChI is InChI=1S/C24H28F3N3O7/c1-13-10-15(25)20(27)21(19(13)26)37-12-17(31)16(11-18(32)33)28-22(34)14-4-8-30(9-5-14)24(36)23(35)29-6-2-3-7-29/h10,14,16H,2-9,11-12H2,1H3,(H,28,34)(H,32,33)/t16-/m0/s1. The van der Waals surface area contributed by atoms with E-state index in [9.17, 15) is 37.1 Å². The summed E-state index contributed by atoms with van der Waals surface area (Å²) in [5.41, 5.74) is -0.260. The van der Waals surface area contributed by atoms with E-state index in [-0.39, 0.29) is 31.5 Å². The number of carboxylic acids is 1. The number of piperidine rings is 1. The molecule has 0 unspecified atom stereocenters. The van der Waals surface area contributed by atoms with Crippen LogP contribution in [0.5, 0.6) is 5.75 Å². The van der Waals surface area contributed by atoms with Crippen LogP contribution >= 0.6 is 0 Å². The fourth-order valence-corrected chi connectivity index (χ4v) is 4.32. The molecule has 2 N–H and O–H groups in total. The molecule has 1 aromatic carbocycles. The first kappa shape index (κ1) is 27.9. The largest absolute Gasteiger partial charge is 0.481 e. The van der Waals surface area contributed by atoms with Crippen LogP contribution in [0, 0.1) is 30.3 Å². The number of hydrogen-bond acceptors (Lipinski definition) is 6. The van der Waals surface area contributed by atoms with Gasteiger partial charge in [-0.2, -0.15) is 4.39 Å². The van der Waals surface area contributed by atoms with Crippen molar-refractivity contribution in [2.75, 3.05) is 32.8 Å². The predicted molar refractivity (Wildman–Crippen MR) is 121 cm³/mol. The fraction of sp³-hybridized carbons (Fsp3) is 0.542. The molecule has 0 bridgehead atoms. The van der Waals surface area contributed by atoms with E-state index in [1.807, 2.05) is 0 Å². The van der Waals surface area contributed by atoms with E-state index in [0.717, 1.165) is 12.8 Å². The van der Waals surface area contributed by atoms with E-state index >= 15 is 0 Å². The number of nitrogens with one attached hydrogen (secondary N) is 1. The highest BCUT2D eigenvalue weighted by Crippen LogP contribution is 2.27. The lowest BCUT2D eigenvalue weighted by Crippen LogP contribution is -2.51. The molecule has 3 amide bonds. The topological polar surface area (TPSA) is 133 Å². The molecule has 2 saturated heterocycles. The summed E-state index contributed by atoms with van der Waals surface area (Å²) in [5, 5.41) is 11.5. The molecule has 2 heterocycles. The van der Waals surface area contributed by atoms with Crippen molar-refractivity contribution in [3.05, 3.63) is 29.1 Å². The molecule has 37 heavy (non-hydrogen) atoms. The summed E-state index contributed by atoms with van der Waals surface area (Å²) in [5.74, 6) is -10.3. The van der Waals surface area contributed by atoms with Crippen molar-refractivity contribution in [2.24, 2.45) is 5.92 Å².